The number of nitrogens with zero attached hydrogens (tertiary/aromatic N) is 2. The van der Waals surface area contributed by atoms with Gasteiger partial charge in [0.25, 0.3) is 0 Å². The van der Waals surface area contributed by atoms with Gasteiger partial charge in [0.15, 0.2) is 0 Å². The van der Waals surface area contributed by atoms with Crippen LogP contribution in [0.15, 0.2) is 10.3 Å². The zero-order valence-electron chi connectivity index (χ0n) is 18.2. The number of aliphatic hydroxyl groups is 1. The molecule has 1 saturated heterocycles. The molecule has 0 aromatic heterocycles. The number of carbonyl (C=O) groups is 1. The third kappa shape index (κ3) is 2.73. The number of fused-ring (bicyclic) bond motifs is 5. The third-order valence-corrected chi connectivity index (χ3v) is 9.68. The van der Waals surface area contributed by atoms with Gasteiger partial charge in [0.2, 0.25) is 0 Å². The van der Waals surface area contributed by atoms with E-state index >= 15 is 0 Å². The molecule has 5 rings (SSSR count). The molecule has 0 amide bonds. The van der Waals surface area contributed by atoms with E-state index < -0.39 is 5.60 Å². The van der Waals surface area contributed by atoms with Crippen LogP contribution in [0.4, 0.5) is 0 Å². The summed E-state index contributed by atoms with van der Waals surface area (Å²) in [6.45, 7) is 6.07. The minimum Gasteiger partial charge on any atom is -0.411 e. The predicted octanol–water partition coefficient (Wildman–Crippen LogP) is 2.89. The molecule has 0 bridgehead atoms. The molecule has 30 heavy (non-hydrogen) atoms. The van der Waals surface area contributed by atoms with Gasteiger partial charge >= 0.3 is 0 Å². The normalized spacial score (nSPS) is 51.0. The van der Waals surface area contributed by atoms with Crippen LogP contribution in [0.1, 0.15) is 71.6 Å². The molecule has 7 nitrogen and oxygen atoms in total. The molecule has 5 fully saturated rings. The lowest BCUT2D eigenvalue weighted by Gasteiger charge is -2.62. The molecule has 1 aliphatic heterocycles. The molecule has 4 aliphatic carbocycles. The Morgan fingerprint density at radius 3 is 2.70 bits per heavy atom. The van der Waals surface area contributed by atoms with Crippen molar-refractivity contribution in [2.45, 2.75) is 83.3 Å². The summed E-state index contributed by atoms with van der Waals surface area (Å²) in [5.41, 5.74) is -0.479. The van der Waals surface area contributed by atoms with E-state index in [4.69, 9.17) is 4.84 Å². The Morgan fingerprint density at radius 2 is 1.97 bits per heavy atom. The number of hydrogen-bond donors (Lipinski definition) is 3. The van der Waals surface area contributed by atoms with Crippen molar-refractivity contribution in [3.63, 3.8) is 0 Å². The van der Waals surface area contributed by atoms with Crippen LogP contribution in [-0.2, 0) is 9.63 Å². The smallest absolute Gasteiger partial charge is 0.141 e. The van der Waals surface area contributed by atoms with Gasteiger partial charge in [-0.05, 0) is 62.8 Å². The van der Waals surface area contributed by atoms with E-state index in [2.05, 4.69) is 29.5 Å². The highest BCUT2D eigenvalue weighted by Gasteiger charge is 2.66. The average molecular weight is 418 g/mol. The van der Waals surface area contributed by atoms with Crippen molar-refractivity contribution in [3.05, 3.63) is 0 Å². The number of Topliss-reactive ketones (excluding diaryl/α,β-unsaturated/α-hetero) is 1. The number of carbonyl (C=O) groups excluding carboxylic acids is 1. The zero-order chi connectivity index (χ0) is 21.1. The van der Waals surface area contributed by atoms with Crippen molar-refractivity contribution < 1.29 is 19.9 Å². The zero-order valence-corrected chi connectivity index (χ0v) is 18.2. The highest BCUT2D eigenvalue weighted by atomic mass is 16.6. The molecule has 3 N–H and O–H groups in total. The second-order valence-electron chi connectivity index (χ2n) is 10.9. The summed E-state index contributed by atoms with van der Waals surface area (Å²) >= 11 is 0. The molecule has 7 heteroatoms. The molecule has 0 aromatic carbocycles. The van der Waals surface area contributed by atoms with E-state index in [-0.39, 0.29) is 16.9 Å². The molecule has 4 saturated carbocycles. The standard InChI is InChI=1S/C23H35N3O4/c1-21-8-6-18-16(17(21)3-4-20(21)27)11-19(25-29)23(28)12-14(5-9-22(18,23)2)26-30-15-7-10-24-13-15/h15-18,24,28-29H,3-13H2,1-2H3/t15-,16-,17-,18-,21-,22+,23-/m0/s1. The molecular weight excluding hydrogens is 382 g/mol. The van der Waals surface area contributed by atoms with Gasteiger partial charge in [-0.15, -0.1) is 0 Å². The van der Waals surface area contributed by atoms with Crippen LogP contribution in [0.25, 0.3) is 0 Å². The Hall–Kier alpha value is -1.47. The maximum atomic E-state index is 12.6. The van der Waals surface area contributed by atoms with Crippen molar-refractivity contribution in [1.82, 2.24) is 5.32 Å². The van der Waals surface area contributed by atoms with Crippen LogP contribution in [0.2, 0.25) is 0 Å². The van der Waals surface area contributed by atoms with E-state index in [0.29, 0.717) is 48.5 Å². The van der Waals surface area contributed by atoms with Gasteiger partial charge in [0.1, 0.15) is 17.5 Å². The van der Waals surface area contributed by atoms with Crippen molar-refractivity contribution in [1.29, 1.82) is 0 Å². The Morgan fingerprint density at radius 1 is 1.13 bits per heavy atom. The van der Waals surface area contributed by atoms with E-state index in [0.717, 1.165) is 57.3 Å². The Bertz CT molecular complexity index is 791. The summed E-state index contributed by atoms with van der Waals surface area (Å²) in [5, 5.41) is 33.2. The fraction of sp³-hybridized carbons (Fsp3) is 0.870. The van der Waals surface area contributed by atoms with Crippen LogP contribution in [0, 0.1) is 28.6 Å². The molecule has 7 atom stereocenters. The van der Waals surface area contributed by atoms with Crippen LogP contribution < -0.4 is 5.32 Å². The first kappa shape index (κ1) is 20.4. The van der Waals surface area contributed by atoms with Gasteiger partial charge in [0.05, 0.1) is 11.4 Å². The highest BCUT2D eigenvalue weighted by molar-refractivity contribution is 6.00. The minimum atomic E-state index is -1.20. The van der Waals surface area contributed by atoms with E-state index in [9.17, 15) is 15.1 Å². The van der Waals surface area contributed by atoms with E-state index in [1.165, 1.54) is 0 Å². The second kappa shape index (κ2) is 7.02. The molecule has 0 aromatic rings. The van der Waals surface area contributed by atoms with Gasteiger partial charge < -0.3 is 20.5 Å². The van der Waals surface area contributed by atoms with Crippen molar-refractivity contribution >= 4 is 17.2 Å². The van der Waals surface area contributed by atoms with Gasteiger partial charge in [-0.2, -0.15) is 0 Å². The molecule has 166 valence electrons. The number of ketones is 1. The summed E-state index contributed by atoms with van der Waals surface area (Å²) in [5.74, 6) is 1.36. The number of oxime groups is 2. The maximum absolute atomic E-state index is 12.6. The Balaban J connectivity index is 1.43. The molecule has 1 heterocycles. The Labute approximate surface area is 178 Å². The van der Waals surface area contributed by atoms with Crippen molar-refractivity contribution in [2.24, 2.45) is 38.9 Å². The lowest BCUT2D eigenvalue weighted by molar-refractivity contribution is -0.146. The fourth-order valence-electron chi connectivity index (χ4n) is 7.72. The quantitative estimate of drug-likeness (QED) is 0.473. The van der Waals surface area contributed by atoms with Crippen LogP contribution in [-0.4, -0.2) is 52.3 Å². The summed E-state index contributed by atoms with van der Waals surface area (Å²) < 4.78 is 0. The second-order valence-corrected chi connectivity index (χ2v) is 10.9. The van der Waals surface area contributed by atoms with Gasteiger partial charge in [0, 0.05) is 36.6 Å². The summed E-state index contributed by atoms with van der Waals surface area (Å²) in [6, 6.07) is 0. The number of rotatable bonds is 2. The van der Waals surface area contributed by atoms with Gasteiger partial charge in [-0.1, -0.05) is 24.2 Å². The number of nitrogens with one attached hydrogen (secondary N) is 1. The van der Waals surface area contributed by atoms with Crippen molar-refractivity contribution in [2.75, 3.05) is 13.1 Å². The first-order valence-corrected chi connectivity index (χ1v) is 11.7. The topological polar surface area (TPSA) is 104 Å². The van der Waals surface area contributed by atoms with E-state index in [1.54, 1.807) is 0 Å². The summed E-state index contributed by atoms with van der Waals surface area (Å²) in [4.78, 5) is 18.4. The molecule has 0 spiro atoms. The highest BCUT2D eigenvalue weighted by Crippen LogP contribution is 2.65. The predicted molar refractivity (Wildman–Crippen MR) is 113 cm³/mol. The Kier molecular flexibility index (Phi) is 4.78. The van der Waals surface area contributed by atoms with Crippen LogP contribution in [0.3, 0.4) is 0 Å². The van der Waals surface area contributed by atoms with Gasteiger partial charge in [-0.25, -0.2) is 0 Å². The third-order valence-electron chi connectivity index (χ3n) is 9.68. The number of hydrogen-bond acceptors (Lipinski definition) is 7. The molecule has 5 aliphatic rings. The first-order chi connectivity index (χ1) is 14.3. The maximum Gasteiger partial charge on any atom is 0.141 e. The minimum absolute atomic E-state index is 0.0955. The SMILES string of the molecule is C[C@]12CC[C@H]3[C@@H](CC(=NO)[C@@]4(O)CC(=NO[C@H]5CCNC5)CC[C@]34C)[C@@H]1CCC2=O. The molecule has 0 unspecified atom stereocenters. The van der Waals surface area contributed by atoms with Crippen LogP contribution >= 0.6 is 0 Å². The molecule has 0 radical (unpaired) electrons. The molecular formula is C23H35N3O4. The monoisotopic (exact) mass is 417 g/mol. The van der Waals surface area contributed by atoms with Crippen LogP contribution in [0.5, 0.6) is 0 Å². The summed E-state index contributed by atoms with van der Waals surface area (Å²) in [7, 11) is 0. The lowest BCUT2D eigenvalue weighted by Crippen LogP contribution is -2.66. The van der Waals surface area contributed by atoms with Crippen molar-refractivity contribution in [3.8, 4) is 0 Å². The first-order valence-electron chi connectivity index (χ1n) is 11.7. The van der Waals surface area contributed by atoms with Gasteiger partial charge in [-0.3, -0.25) is 4.79 Å². The average Bonchev–Trinajstić information content (AvgIpc) is 3.35. The largest absolute Gasteiger partial charge is 0.411 e. The summed E-state index contributed by atoms with van der Waals surface area (Å²) in [6.07, 6.45) is 7.04. The lowest BCUT2D eigenvalue weighted by atomic mass is 9.43. The fourth-order valence-corrected chi connectivity index (χ4v) is 7.72. The van der Waals surface area contributed by atoms with E-state index in [1.807, 2.05) is 0 Å².